The molecule has 0 rings (SSSR count). The van der Waals surface area contributed by atoms with Crippen molar-refractivity contribution in [2.75, 3.05) is 13.2 Å². The van der Waals surface area contributed by atoms with Crippen LogP contribution in [0.25, 0.3) is 0 Å². The fourth-order valence-electron chi connectivity index (χ4n) is 1.59. The van der Waals surface area contributed by atoms with Crippen LogP contribution in [0.2, 0.25) is 0 Å². The van der Waals surface area contributed by atoms with Crippen LogP contribution < -0.4 is 5.32 Å². The zero-order valence-corrected chi connectivity index (χ0v) is 13.1. The first-order valence-electron chi connectivity index (χ1n) is 7.71. The van der Waals surface area contributed by atoms with Gasteiger partial charge in [-0.2, -0.15) is 0 Å². The molecule has 0 bridgehead atoms. The van der Waals surface area contributed by atoms with Gasteiger partial charge < -0.3 is 14.8 Å². The second-order valence-corrected chi connectivity index (χ2v) is 4.94. The number of hydrogen-bond acceptors (Lipinski definition) is 4. The van der Waals surface area contributed by atoms with Gasteiger partial charge in [-0.1, -0.05) is 46.0 Å². The molecule has 0 aliphatic heterocycles. The van der Waals surface area contributed by atoms with Gasteiger partial charge >= 0.3 is 12.1 Å². The molecule has 1 amide bonds. The number of rotatable bonds is 11. The van der Waals surface area contributed by atoms with Crippen molar-refractivity contribution in [2.45, 2.75) is 71.8 Å². The topological polar surface area (TPSA) is 64.6 Å². The summed E-state index contributed by atoms with van der Waals surface area (Å²) in [4.78, 5) is 22.9. The number of alkyl carbamates (subject to hydrolysis) is 1. The molecule has 0 fully saturated rings. The Labute approximate surface area is 122 Å². The molecule has 0 unspecified atom stereocenters. The van der Waals surface area contributed by atoms with E-state index in [0.717, 1.165) is 25.7 Å². The quantitative estimate of drug-likeness (QED) is 0.467. The number of unbranched alkanes of at least 4 members (excludes halogenated alkanes) is 5. The van der Waals surface area contributed by atoms with Crippen molar-refractivity contribution in [2.24, 2.45) is 0 Å². The standard InChI is InChI=1S/C15H29NO4/c1-4-6-8-9-10-12-19-14(17)13(3)16-15(18)20-11-7-5-2/h13H,4-12H2,1-3H3,(H,16,18)/t13-/m0/s1. The Bertz CT molecular complexity index is 269. The lowest BCUT2D eigenvalue weighted by atomic mass is 10.2. The van der Waals surface area contributed by atoms with E-state index in [1.165, 1.54) is 19.3 Å². The molecule has 5 heteroatoms. The van der Waals surface area contributed by atoms with Gasteiger partial charge in [0.1, 0.15) is 6.04 Å². The fourth-order valence-corrected chi connectivity index (χ4v) is 1.59. The number of nitrogens with one attached hydrogen (secondary N) is 1. The minimum atomic E-state index is -0.667. The molecule has 0 radical (unpaired) electrons. The lowest BCUT2D eigenvalue weighted by Gasteiger charge is -2.13. The predicted molar refractivity (Wildman–Crippen MR) is 78.6 cm³/mol. The van der Waals surface area contributed by atoms with Gasteiger partial charge in [0, 0.05) is 0 Å². The molecule has 1 N–H and O–H groups in total. The van der Waals surface area contributed by atoms with E-state index in [1.54, 1.807) is 6.92 Å². The molecule has 118 valence electrons. The molecular weight excluding hydrogens is 258 g/mol. The zero-order chi connectivity index (χ0) is 15.2. The van der Waals surface area contributed by atoms with E-state index in [9.17, 15) is 9.59 Å². The third-order valence-electron chi connectivity index (χ3n) is 2.91. The third kappa shape index (κ3) is 10.6. The number of carbonyl (C=O) groups excluding carboxylic acids is 2. The highest BCUT2D eigenvalue weighted by atomic mass is 16.6. The number of carbonyl (C=O) groups is 2. The smallest absolute Gasteiger partial charge is 0.407 e. The van der Waals surface area contributed by atoms with Crippen molar-refractivity contribution in [3.05, 3.63) is 0 Å². The normalized spacial score (nSPS) is 11.8. The molecule has 1 atom stereocenters. The molecular formula is C15H29NO4. The van der Waals surface area contributed by atoms with E-state index >= 15 is 0 Å². The van der Waals surface area contributed by atoms with Gasteiger partial charge in [-0.05, 0) is 19.8 Å². The van der Waals surface area contributed by atoms with Crippen LogP contribution in [0.1, 0.15) is 65.7 Å². The molecule has 0 aromatic carbocycles. The largest absolute Gasteiger partial charge is 0.464 e. The lowest BCUT2D eigenvalue weighted by molar-refractivity contribution is -0.145. The van der Waals surface area contributed by atoms with Crippen LogP contribution >= 0.6 is 0 Å². The first-order chi connectivity index (χ1) is 9.61. The molecule has 0 heterocycles. The number of ether oxygens (including phenoxy) is 2. The van der Waals surface area contributed by atoms with E-state index in [-0.39, 0.29) is 0 Å². The summed E-state index contributed by atoms with van der Waals surface area (Å²) in [5.74, 6) is -0.409. The molecule has 0 saturated carbocycles. The van der Waals surface area contributed by atoms with Gasteiger partial charge in [-0.3, -0.25) is 0 Å². The number of amides is 1. The highest BCUT2D eigenvalue weighted by Gasteiger charge is 2.17. The minimum absolute atomic E-state index is 0.377. The van der Waals surface area contributed by atoms with Crippen LogP contribution in [0.3, 0.4) is 0 Å². The van der Waals surface area contributed by atoms with E-state index in [0.29, 0.717) is 13.2 Å². The van der Waals surface area contributed by atoms with E-state index < -0.39 is 18.1 Å². The Hall–Kier alpha value is -1.26. The van der Waals surface area contributed by atoms with Crippen molar-refractivity contribution in [3.8, 4) is 0 Å². The van der Waals surface area contributed by atoms with Gasteiger partial charge in [-0.15, -0.1) is 0 Å². The summed E-state index contributed by atoms with van der Waals surface area (Å²) in [5.41, 5.74) is 0. The third-order valence-corrected chi connectivity index (χ3v) is 2.91. The summed E-state index contributed by atoms with van der Waals surface area (Å²) in [5, 5.41) is 2.46. The highest BCUT2D eigenvalue weighted by Crippen LogP contribution is 2.03. The summed E-state index contributed by atoms with van der Waals surface area (Å²) in [6.45, 7) is 6.57. The number of hydrogen-bond donors (Lipinski definition) is 1. The second kappa shape index (κ2) is 12.8. The summed E-state index contributed by atoms with van der Waals surface area (Å²) in [7, 11) is 0. The van der Waals surface area contributed by atoms with E-state index in [4.69, 9.17) is 9.47 Å². The van der Waals surface area contributed by atoms with Gasteiger partial charge in [0.15, 0.2) is 0 Å². The van der Waals surface area contributed by atoms with Crippen LogP contribution in [0.4, 0.5) is 4.79 Å². The highest BCUT2D eigenvalue weighted by molar-refractivity contribution is 5.80. The van der Waals surface area contributed by atoms with E-state index in [2.05, 4.69) is 12.2 Å². The first kappa shape index (κ1) is 18.7. The Morgan fingerprint density at radius 3 is 2.15 bits per heavy atom. The maximum absolute atomic E-state index is 11.6. The average Bonchev–Trinajstić information content (AvgIpc) is 2.42. The summed E-state index contributed by atoms with van der Waals surface area (Å²) in [6, 6.07) is -0.667. The Kier molecular flexibility index (Phi) is 12.0. The van der Waals surface area contributed by atoms with Crippen LogP contribution in [-0.2, 0) is 14.3 Å². The molecule has 0 aromatic heterocycles. The monoisotopic (exact) mass is 287 g/mol. The summed E-state index contributed by atoms with van der Waals surface area (Å²) < 4.78 is 10.0. The fraction of sp³-hybridized carbons (Fsp3) is 0.867. The lowest BCUT2D eigenvalue weighted by Crippen LogP contribution is -2.40. The predicted octanol–water partition coefficient (Wildman–Crippen LogP) is 3.41. The van der Waals surface area contributed by atoms with Gasteiger partial charge in [0.05, 0.1) is 13.2 Å². The van der Waals surface area contributed by atoms with Crippen molar-refractivity contribution < 1.29 is 19.1 Å². The molecule has 0 aromatic rings. The van der Waals surface area contributed by atoms with Gasteiger partial charge in [-0.25, -0.2) is 9.59 Å². The Balaban J connectivity index is 3.62. The SMILES string of the molecule is CCCCCCCOC(=O)[C@H](C)NC(=O)OCCCC. The van der Waals surface area contributed by atoms with Gasteiger partial charge in [0.2, 0.25) is 0 Å². The first-order valence-corrected chi connectivity index (χ1v) is 7.71. The second-order valence-electron chi connectivity index (χ2n) is 4.94. The van der Waals surface area contributed by atoms with Crippen LogP contribution in [-0.4, -0.2) is 31.3 Å². The number of esters is 1. The minimum Gasteiger partial charge on any atom is -0.464 e. The van der Waals surface area contributed by atoms with Crippen LogP contribution in [0, 0.1) is 0 Å². The maximum atomic E-state index is 11.6. The summed E-state index contributed by atoms with van der Waals surface area (Å²) in [6.07, 6.45) is 6.75. The van der Waals surface area contributed by atoms with Crippen molar-refractivity contribution in [1.29, 1.82) is 0 Å². The molecule has 20 heavy (non-hydrogen) atoms. The summed E-state index contributed by atoms with van der Waals surface area (Å²) >= 11 is 0. The average molecular weight is 287 g/mol. The van der Waals surface area contributed by atoms with Crippen molar-refractivity contribution in [1.82, 2.24) is 5.32 Å². The molecule has 0 saturated heterocycles. The Morgan fingerprint density at radius 1 is 0.900 bits per heavy atom. The molecule has 5 nitrogen and oxygen atoms in total. The van der Waals surface area contributed by atoms with E-state index in [1.807, 2.05) is 6.92 Å². The Morgan fingerprint density at radius 2 is 1.50 bits per heavy atom. The molecule has 0 aliphatic rings. The molecule has 0 aliphatic carbocycles. The maximum Gasteiger partial charge on any atom is 0.407 e. The van der Waals surface area contributed by atoms with Crippen molar-refractivity contribution >= 4 is 12.1 Å². The van der Waals surface area contributed by atoms with Crippen LogP contribution in [0.5, 0.6) is 0 Å². The molecule has 0 spiro atoms. The zero-order valence-electron chi connectivity index (χ0n) is 13.1. The van der Waals surface area contributed by atoms with Gasteiger partial charge in [0.25, 0.3) is 0 Å². The van der Waals surface area contributed by atoms with Crippen LogP contribution in [0.15, 0.2) is 0 Å². The van der Waals surface area contributed by atoms with Crippen molar-refractivity contribution in [3.63, 3.8) is 0 Å².